The van der Waals surface area contributed by atoms with Gasteiger partial charge in [-0.1, -0.05) is 30.0 Å². The number of para-hydroxylation sites is 1. The molecule has 0 bridgehead atoms. The van der Waals surface area contributed by atoms with Gasteiger partial charge in [-0.25, -0.2) is 9.97 Å². The Balaban J connectivity index is 1.65. The first-order valence-electron chi connectivity index (χ1n) is 9.85. The monoisotopic (exact) mass is 422 g/mol. The van der Waals surface area contributed by atoms with Gasteiger partial charge >= 0.3 is 0 Å². The average Bonchev–Trinajstić information content (AvgIpc) is 2.77. The second-order valence-corrected chi connectivity index (χ2v) is 7.66. The van der Waals surface area contributed by atoms with Gasteiger partial charge in [0.25, 0.3) is 11.1 Å². The Bertz CT molecular complexity index is 1300. The van der Waals surface area contributed by atoms with Crippen LogP contribution in [0, 0.1) is 0 Å². The van der Waals surface area contributed by atoms with Gasteiger partial charge in [0.2, 0.25) is 0 Å². The highest BCUT2D eigenvalue weighted by molar-refractivity contribution is 7.98. The Labute approximate surface area is 177 Å². The highest BCUT2D eigenvalue weighted by atomic mass is 32.2. The molecule has 0 unspecified atom stereocenters. The number of nitrogens with zero attached hydrogens (tertiary/aromatic N) is 4. The smallest absolute Gasteiger partial charge is 0.262 e. The van der Waals surface area contributed by atoms with Crippen molar-refractivity contribution in [2.45, 2.75) is 30.8 Å². The number of benzene rings is 1. The SMILES string of the molecule is CCOCCCn1c(SCc2cc(=O)n3ccccc3n2)nc2ccccc2c1=O. The van der Waals surface area contributed by atoms with Crippen molar-refractivity contribution in [3.05, 3.63) is 81.1 Å². The third kappa shape index (κ3) is 4.29. The van der Waals surface area contributed by atoms with E-state index in [1.165, 1.54) is 22.2 Å². The van der Waals surface area contributed by atoms with Crippen molar-refractivity contribution in [2.75, 3.05) is 13.2 Å². The van der Waals surface area contributed by atoms with Crippen molar-refractivity contribution in [1.29, 1.82) is 0 Å². The minimum absolute atomic E-state index is 0.0638. The number of hydrogen-bond acceptors (Lipinski definition) is 6. The molecular formula is C22H22N4O3S. The minimum Gasteiger partial charge on any atom is -0.382 e. The van der Waals surface area contributed by atoms with Gasteiger partial charge in [-0.2, -0.15) is 0 Å². The zero-order valence-corrected chi connectivity index (χ0v) is 17.5. The molecule has 0 aliphatic carbocycles. The molecule has 30 heavy (non-hydrogen) atoms. The molecule has 0 saturated carbocycles. The highest BCUT2D eigenvalue weighted by Crippen LogP contribution is 2.21. The fourth-order valence-electron chi connectivity index (χ4n) is 3.24. The number of thioether (sulfide) groups is 1. The Kier molecular flexibility index (Phi) is 6.25. The van der Waals surface area contributed by atoms with E-state index in [9.17, 15) is 9.59 Å². The standard InChI is InChI=1S/C22H22N4O3S/c1-2-29-13-7-12-26-21(28)17-8-3-4-9-18(17)24-22(26)30-15-16-14-20(27)25-11-6-5-10-19(25)23-16/h3-6,8-11,14H,2,7,12-13,15H2,1H3. The fourth-order valence-corrected chi connectivity index (χ4v) is 4.16. The summed E-state index contributed by atoms with van der Waals surface area (Å²) >= 11 is 1.41. The maximum atomic E-state index is 13.1. The third-order valence-corrected chi connectivity index (χ3v) is 5.68. The average molecular weight is 423 g/mol. The van der Waals surface area contributed by atoms with E-state index < -0.39 is 0 Å². The molecule has 0 aliphatic rings. The second-order valence-electron chi connectivity index (χ2n) is 6.72. The molecule has 154 valence electrons. The van der Waals surface area contributed by atoms with Crippen LogP contribution in [0.15, 0.2) is 69.5 Å². The first-order valence-corrected chi connectivity index (χ1v) is 10.8. The van der Waals surface area contributed by atoms with Crippen molar-refractivity contribution in [3.8, 4) is 0 Å². The van der Waals surface area contributed by atoms with Crippen molar-refractivity contribution in [3.63, 3.8) is 0 Å². The first-order chi connectivity index (χ1) is 14.7. The predicted molar refractivity (Wildman–Crippen MR) is 118 cm³/mol. The third-order valence-electron chi connectivity index (χ3n) is 4.67. The van der Waals surface area contributed by atoms with Crippen LogP contribution in [0.2, 0.25) is 0 Å². The van der Waals surface area contributed by atoms with E-state index in [-0.39, 0.29) is 11.1 Å². The molecule has 0 radical (unpaired) electrons. The van der Waals surface area contributed by atoms with E-state index in [4.69, 9.17) is 9.72 Å². The lowest BCUT2D eigenvalue weighted by Crippen LogP contribution is -2.24. The van der Waals surface area contributed by atoms with Crippen molar-refractivity contribution < 1.29 is 4.74 Å². The number of pyridine rings is 1. The van der Waals surface area contributed by atoms with E-state index >= 15 is 0 Å². The topological polar surface area (TPSA) is 78.5 Å². The summed E-state index contributed by atoms with van der Waals surface area (Å²) in [6, 6.07) is 14.3. The van der Waals surface area contributed by atoms with Gasteiger partial charge in [0.05, 0.1) is 16.6 Å². The Hall–Kier alpha value is -2.97. The highest BCUT2D eigenvalue weighted by Gasteiger charge is 2.12. The van der Waals surface area contributed by atoms with Crippen LogP contribution in [0.3, 0.4) is 0 Å². The van der Waals surface area contributed by atoms with Crippen molar-refractivity contribution in [1.82, 2.24) is 18.9 Å². The molecule has 0 spiro atoms. The number of rotatable bonds is 8. The van der Waals surface area contributed by atoms with Gasteiger partial charge in [-0.15, -0.1) is 0 Å². The summed E-state index contributed by atoms with van der Waals surface area (Å²) in [4.78, 5) is 34.7. The van der Waals surface area contributed by atoms with E-state index in [1.807, 2.05) is 31.2 Å². The normalized spacial score (nSPS) is 11.4. The maximum Gasteiger partial charge on any atom is 0.262 e. The number of hydrogen-bond donors (Lipinski definition) is 0. The number of ether oxygens (including phenoxy) is 1. The van der Waals surface area contributed by atoms with Crippen molar-refractivity contribution >= 4 is 28.3 Å². The summed E-state index contributed by atoms with van der Waals surface area (Å²) in [5, 5.41) is 1.21. The molecule has 0 fully saturated rings. The van der Waals surface area contributed by atoms with Crippen LogP contribution in [-0.2, 0) is 17.0 Å². The minimum atomic E-state index is -0.128. The molecule has 0 amide bonds. The first kappa shape index (κ1) is 20.3. The van der Waals surface area contributed by atoms with Crippen LogP contribution in [-0.4, -0.2) is 32.1 Å². The van der Waals surface area contributed by atoms with Crippen LogP contribution >= 0.6 is 11.8 Å². The zero-order valence-electron chi connectivity index (χ0n) is 16.7. The molecule has 0 aliphatic heterocycles. The van der Waals surface area contributed by atoms with Crippen LogP contribution in [0.25, 0.3) is 16.6 Å². The molecule has 0 saturated heterocycles. The van der Waals surface area contributed by atoms with Crippen LogP contribution < -0.4 is 11.1 Å². The fraction of sp³-hybridized carbons (Fsp3) is 0.273. The Morgan fingerprint density at radius 2 is 1.90 bits per heavy atom. The molecular weight excluding hydrogens is 400 g/mol. The van der Waals surface area contributed by atoms with E-state index in [0.29, 0.717) is 52.9 Å². The van der Waals surface area contributed by atoms with Crippen LogP contribution in [0.5, 0.6) is 0 Å². The molecule has 7 nitrogen and oxygen atoms in total. The molecule has 4 rings (SSSR count). The molecule has 1 aromatic carbocycles. The Morgan fingerprint density at radius 3 is 2.77 bits per heavy atom. The maximum absolute atomic E-state index is 13.1. The molecule has 0 N–H and O–H groups in total. The number of fused-ring (bicyclic) bond motifs is 2. The van der Waals surface area contributed by atoms with E-state index in [2.05, 4.69) is 4.98 Å². The molecule has 3 heterocycles. The largest absolute Gasteiger partial charge is 0.382 e. The molecule has 4 aromatic rings. The summed E-state index contributed by atoms with van der Waals surface area (Å²) in [6.07, 6.45) is 2.42. The van der Waals surface area contributed by atoms with E-state index in [0.717, 1.165) is 6.42 Å². The van der Waals surface area contributed by atoms with Crippen LogP contribution in [0.4, 0.5) is 0 Å². The number of aromatic nitrogens is 4. The summed E-state index contributed by atoms with van der Waals surface area (Å²) in [5.74, 6) is 0.441. The van der Waals surface area contributed by atoms with Crippen LogP contribution in [0.1, 0.15) is 19.0 Å². The summed E-state index contributed by atoms with van der Waals surface area (Å²) in [6.45, 7) is 3.70. The predicted octanol–water partition coefficient (Wildman–Crippen LogP) is 3.12. The summed E-state index contributed by atoms with van der Waals surface area (Å²) in [7, 11) is 0. The van der Waals surface area contributed by atoms with Gasteiger partial charge < -0.3 is 4.74 Å². The van der Waals surface area contributed by atoms with Gasteiger partial charge in [0, 0.05) is 37.8 Å². The van der Waals surface area contributed by atoms with Gasteiger partial charge in [-0.05, 0) is 37.6 Å². The Morgan fingerprint density at radius 1 is 1.07 bits per heavy atom. The summed E-state index contributed by atoms with van der Waals surface area (Å²) < 4.78 is 8.62. The van der Waals surface area contributed by atoms with Gasteiger partial charge in [-0.3, -0.25) is 18.6 Å². The lowest BCUT2D eigenvalue weighted by Gasteiger charge is -2.13. The lowest BCUT2D eigenvalue weighted by atomic mass is 10.2. The second kappa shape index (κ2) is 9.23. The lowest BCUT2D eigenvalue weighted by molar-refractivity contribution is 0.140. The molecule has 8 heteroatoms. The zero-order chi connectivity index (χ0) is 20.9. The quantitative estimate of drug-likeness (QED) is 0.247. The van der Waals surface area contributed by atoms with Gasteiger partial charge in [0.15, 0.2) is 5.16 Å². The van der Waals surface area contributed by atoms with Crippen molar-refractivity contribution in [2.24, 2.45) is 0 Å². The van der Waals surface area contributed by atoms with E-state index in [1.54, 1.807) is 29.0 Å². The summed E-state index contributed by atoms with van der Waals surface area (Å²) in [5.41, 5.74) is 1.72. The molecule has 3 aromatic heterocycles. The molecule has 0 atom stereocenters. The van der Waals surface area contributed by atoms with Gasteiger partial charge in [0.1, 0.15) is 5.65 Å².